The predicted octanol–water partition coefficient (Wildman–Crippen LogP) is 2.15. The lowest BCUT2D eigenvalue weighted by Gasteiger charge is -2.36. The molecule has 0 saturated carbocycles. The molecule has 1 aliphatic heterocycles. The van der Waals surface area contributed by atoms with Crippen LogP contribution in [0.25, 0.3) is 0 Å². The second-order valence-corrected chi connectivity index (χ2v) is 6.83. The van der Waals surface area contributed by atoms with E-state index in [0.29, 0.717) is 13.2 Å². The van der Waals surface area contributed by atoms with E-state index >= 15 is 0 Å². The van der Waals surface area contributed by atoms with Gasteiger partial charge in [0.05, 0.1) is 18.3 Å². The molecule has 1 aliphatic rings. The summed E-state index contributed by atoms with van der Waals surface area (Å²) in [5.74, 6) is 0. The number of benzene rings is 1. The second-order valence-electron chi connectivity index (χ2n) is 6.83. The molecule has 128 valence electrons. The van der Waals surface area contributed by atoms with Gasteiger partial charge in [-0.05, 0) is 19.4 Å². The third-order valence-corrected chi connectivity index (χ3v) is 4.32. The Kier molecular flexibility index (Phi) is 6.78. The molecule has 23 heavy (non-hydrogen) atoms. The minimum Gasteiger partial charge on any atom is -0.389 e. The van der Waals surface area contributed by atoms with Crippen molar-refractivity contribution in [3.05, 3.63) is 48.6 Å². The highest BCUT2D eigenvalue weighted by Crippen LogP contribution is 2.12. The first-order valence-corrected chi connectivity index (χ1v) is 8.43. The Morgan fingerprint density at radius 3 is 2.39 bits per heavy atom. The highest BCUT2D eigenvalue weighted by Gasteiger charge is 2.21. The highest BCUT2D eigenvalue weighted by atomic mass is 16.5. The molecule has 0 aromatic heterocycles. The van der Waals surface area contributed by atoms with Crippen molar-refractivity contribution in [3.8, 4) is 0 Å². The summed E-state index contributed by atoms with van der Waals surface area (Å²) >= 11 is 0. The van der Waals surface area contributed by atoms with E-state index in [-0.39, 0.29) is 5.60 Å². The van der Waals surface area contributed by atoms with E-state index in [0.717, 1.165) is 32.7 Å². The van der Waals surface area contributed by atoms with Gasteiger partial charge in [0.25, 0.3) is 0 Å². The molecule has 1 N–H and O–H groups in total. The van der Waals surface area contributed by atoms with Gasteiger partial charge in [0.2, 0.25) is 0 Å². The van der Waals surface area contributed by atoms with Crippen LogP contribution in [0.3, 0.4) is 0 Å². The van der Waals surface area contributed by atoms with E-state index in [2.05, 4.69) is 46.7 Å². The first kappa shape index (κ1) is 18.1. The minimum atomic E-state index is -0.449. The van der Waals surface area contributed by atoms with Gasteiger partial charge < -0.3 is 9.84 Å². The fourth-order valence-corrected chi connectivity index (χ4v) is 2.69. The van der Waals surface area contributed by atoms with Gasteiger partial charge in [-0.25, -0.2) is 0 Å². The topological polar surface area (TPSA) is 35.9 Å². The summed E-state index contributed by atoms with van der Waals surface area (Å²) in [5, 5.41) is 10.1. The standard InChI is InChI=1S/C19H30N2O2/c1-4-19(2,3)23-16-18(22)15-21-12-10-20(11-13-21)14-17-8-6-5-7-9-17/h4-9,18,22H,1,10-16H2,2-3H3/t18-/m1/s1. The van der Waals surface area contributed by atoms with Crippen molar-refractivity contribution >= 4 is 0 Å². The SMILES string of the molecule is C=CC(C)(C)OC[C@H](O)CN1CCN(Cc2ccccc2)CC1. The second kappa shape index (κ2) is 8.60. The molecular weight excluding hydrogens is 288 g/mol. The molecule has 0 radical (unpaired) electrons. The normalized spacial score (nSPS) is 18.7. The molecule has 0 spiro atoms. The predicted molar refractivity (Wildman–Crippen MR) is 94.4 cm³/mol. The van der Waals surface area contributed by atoms with Crippen molar-refractivity contribution in [1.82, 2.24) is 9.80 Å². The monoisotopic (exact) mass is 318 g/mol. The highest BCUT2D eigenvalue weighted by molar-refractivity contribution is 5.14. The molecule has 1 aromatic rings. The molecule has 2 rings (SSSR count). The van der Waals surface area contributed by atoms with Gasteiger partial charge >= 0.3 is 0 Å². The number of hydrogen-bond donors (Lipinski definition) is 1. The summed E-state index contributed by atoms with van der Waals surface area (Å²) < 4.78 is 5.68. The zero-order valence-electron chi connectivity index (χ0n) is 14.4. The van der Waals surface area contributed by atoms with Crippen molar-refractivity contribution < 1.29 is 9.84 Å². The average molecular weight is 318 g/mol. The molecule has 1 saturated heterocycles. The Morgan fingerprint density at radius 1 is 1.17 bits per heavy atom. The molecule has 1 aromatic carbocycles. The van der Waals surface area contributed by atoms with E-state index in [1.54, 1.807) is 6.08 Å². The summed E-state index contributed by atoms with van der Waals surface area (Å²) in [6.45, 7) is 13.8. The number of β-amino-alcohol motifs (C(OH)–C–C–N with tert-alkyl or cyclic N) is 1. The Bertz CT molecular complexity index is 468. The zero-order valence-corrected chi connectivity index (χ0v) is 14.4. The number of hydrogen-bond acceptors (Lipinski definition) is 4. The van der Waals surface area contributed by atoms with Gasteiger partial charge in [0.1, 0.15) is 0 Å². The van der Waals surface area contributed by atoms with Gasteiger partial charge in [-0.1, -0.05) is 36.4 Å². The summed E-state index contributed by atoms with van der Waals surface area (Å²) in [6, 6.07) is 10.6. The average Bonchev–Trinajstić information content (AvgIpc) is 2.56. The quantitative estimate of drug-likeness (QED) is 0.745. The number of ether oxygens (including phenoxy) is 1. The van der Waals surface area contributed by atoms with Crippen LogP contribution in [-0.4, -0.2) is 65.9 Å². The van der Waals surface area contributed by atoms with Crippen LogP contribution in [0.2, 0.25) is 0 Å². The summed E-state index contributed by atoms with van der Waals surface area (Å²) in [7, 11) is 0. The molecule has 4 heteroatoms. The zero-order chi connectivity index (χ0) is 16.7. The van der Waals surface area contributed by atoms with E-state index in [4.69, 9.17) is 4.74 Å². The Morgan fingerprint density at radius 2 is 1.78 bits per heavy atom. The van der Waals surface area contributed by atoms with Crippen LogP contribution >= 0.6 is 0 Å². The van der Waals surface area contributed by atoms with E-state index < -0.39 is 6.10 Å². The fourth-order valence-electron chi connectivity index (χ4n) is 2.69. The molecular formula is C19H30N2O2. The first-order chi connectivity index (χ1) is 11.0. The maximum absolute atomic E-state index is 10.1. The van der Waals surface area contributed by atoms with Crippen LogP contribution in [0, 0.1) is 0 Å². The molecule has 1 heterocycles. The third kappa shape index (κ3) is 6.43. The Hall–Kier alpha value is -1.20. The third-order valence-electron chi connectivity index (χ3n) is 4.32. The summed E-state index contributed by atoms with van der Waals surface area (Å²) in [6.07, 6.45) is 1.32. The van der Waals surface area contributed by atoms with Crippen LogP contribution in [0.5, 0.6) is 0 Å². The maximum atomic E-state index is 10.1. The van der Waals surface area contributed by atoms with Crippen molar-refractivity contribution in [2.75, 3.05) is 39.3 Å². The number of aliphatic hydroxyl groups is 1. The number of nitrogens with zero attached hydrogens (tertiary/aromatic N) is 2. The maximum Gasteiger partial charge on any atom is 0.0900 e. The molecule has 0 amide bonds. The largest absolute Gasteiger partial charge is 0.389 e. The lowest BCUT2D eigenvalue weighted by Crippen LogP contribution is -2.48. The number of rotatable bonds is 8. The molecule has 1 fully saturated rings. The first-order valence-electron chi connectivity index (χ1n) is 8.43. The fraction of sp³-hybridized carbons (Fsp3) is 0.579. The molecule has 4 nitrogen and oxygen atoms in total. The summed E-state index contributed by atoms with van der Waals surface area (Å²) in [4.78, 5) is 4.78. The molecule has 0 unspecified atom stereocenters. The smallest absolute Gasteiger partial charge is 0.0900 e. The number of piperazine rings is 1. The van der Waals surface area contributed by atoms with Crippen LogP contribution in [0.1, 0.15) is 19.4 Å². The lowest BCUT2D eigenvalue weighted by atomic mass is 10.1. The Labute approximate surface area is 140 Å². The van der Waals surface area contributed by atoms with E-state index in [1.165, 1.54) is 5.56 Å². The van der Waals surface area contributed by atoms with Crippen LogP contribution in [0.4, 0.5) is 0 Å². The van der Waals surface area contributed by atoms with Gasteiger partial charge in [0.15, 0.2) is 0 Å². The van der Waals surface area contributed by atoms with Gasteiger partial charge in [-0.15, -0.1) is 6.58 Å². The van der Waals surface area contributed by atoms with Gasteiger partial charge in [0, 0.05) is 39.3 Å². The van der Waals surface area contributed by atoms with Gasteiger partial charge in [-0.2, -0.15) is 0 Å². The Balaban J connectivity index is 1.67. The van der Waals surface area contributed by atoms with Crippen molar-refractivity contribution in [2.45, 2.75) is 32.1 Å². The number of aliphatic hydroxyl groups excluding tert-OH is 1. The van der Waals surface area contributed by atoms with Gasteiger partial charge in [-0.3, -0.25) is 9.80 Å². The minimum absolute atomic E-state index is 0.350. The molecule has 0 aliphatic carbocycles. The van der Waals surface area contributed by atoms with E-state index in [9.17, 15) is 5.11 Å². The molecule has 1 atom stereocenters. The van der Waals surface area contributed by atoms with Crippen molar-refractivity contribution in [2.24, 2.45) is 0 Å². The lowest BCUT2D eigenvalue weighted by molar-refractivity contribution is -0.0451. The van der Waals surface area contributed by atoms with Crippen molar-refractivity contribution in [1.29, 1.82) is 0 Å². The molecule has 0 bridgehead atoms. The summed E-state index contributed by atoms with van der Waals surface area (Å²) in [5.41, 5.74) is 0.982. The van der Waals surface area contributed by atoms with Crippen LogP contribution in [0.15, 0.2) is 43.0 Å². The van der Waals surface area contributed by atoms with E-state index in [1.807, 2.05) is 13.8 Å². The van der Waals surface area contributed by atoms with Crippen LogP contribution < -0.4 is 0 Å². The van der Waals surface area contributed by atoms with Crippen LogP contribution in [-0.2, 0) is 11.3 Å². The van der Waals surface area contributed by atoms with Crippen molar-refractivity contribution in [3.63, 3.8) is 0 Å².